The summed E-state index contributed by atoms with van der Waals surface area (Å²) < 4.78 is 9.25. The van der Waals surface area contributed by atoms with Gasteiger partial charge in [0.05, 0.1) is 5.69 Å². The highest BCUT2D eigenvalue weighted by Gasteiger charge is 2.32. The number of benzene rings is 1. The molecule has 1 aliphatic rings. The molecule has 4 rings (SSSR count). The fraction of sp³-hybridized carbons (Fsp3) is 0.524. The van der Waals surface area contributed by atoms with E-state index in [0.29, 0.717) is 19.6 Å². The molecule has 1 saturated heterocycles. The van der Waals surface area contributed by atoms with Gasteiger partial charge in [0.2, 0.25) is 5.95 Å². The maximum atomic E-state index is 12.5. The van der Waals surface area contributed by atoms with Gasteiger partial charge in [-0.25, -0.2) is 9.48 Å². The van der Waals surface area contributed by atoms with Crippen molar-refractivity contribution in [2.24, 2.45) is 0 Å². The Labute approximate surface area is 187 Å². The van der Waals surface area contributed by atoms with E-state index in [0.717, 1.165) is 29.6 Å². The molecular weight excluding hydrogens is 410 g/mol. The van der Waals surface area contributed by atoms with Gasteiger partial charge in [-0.15, -0.1) is 15.3 Å². The molecule has 3 aromatic rings. The number of ether oxygens (including phenoxy) is 1. The van der Waals surface area contributed by atoms with Crippen LogP contribution in [0.2, 0.25) is 0 Å². The fourth-order valence-corrected chi connectivity index (χ4v) is 3.81. The summed E-state index contributed by atoms with van der Waals surface area (Å²) in [6.45, 7) is 12.4. The second-order valence-corrected chi connectivity index (χ2v) is 8.84. The highest BCUT2D eigenvalue weighted by Crippen LogP contribution is 2.26. The Morgan fingerprint density at radius 1 is 1.16 bits per heavy atom. The van der Waals surface area contributed by atoms with Crippen molar-refractivity contribution >= 4 is 12.0 Å². The minimum atomic E-state index is -0.509. The molecule has 1 atom stereocenters. The van der Waals surface area contributed by atoms with Gasteiger partial charge in [-0.1, -0.05) is 0 Å². The van der Waals surface area contributed by atoms with E-state index in [1.165, 1.54) is 0 Å². The van der Waals surface area contributed by atoms with E-state index in [4.69, 9.17) is 4.74 Å². The first-order valence-corrected chi connectivity index (χ1v) is 10.8. The van der Waals surface area contributed by atoms with Gasteiger partial charge in [0.1, 0.15) is 11.9 Å². The fourth-order valence-electron chi connectivity index (χ4n) is 3.81. The van der Waals surface area contributed by atoms with E-state index in [-0.39, 0.29) is 12.1 Å². The molecule has 1 aromatic carbocycles. The molecule has 0 aliphatic carbocycles. The van der Waals surface area contributed by atoms with Gasteiger partial charge < -0.3 is 14.5 Å². The van der Waals surface area contributed by atoms with Gasteiger partial charge in [-0.3, -0.25) is 4.57 Å². The van der Waals surface area contributed by atoms with Crippen molar-refractivity contribution in [1.82, 2.24) is 39.9 Å². The predicted octanol–water partition coefficient (Wildman–Crippen LogP) is 2.39. The Morgan fingerprint density at radius 3 is 2.50 bits per heavy atom. The molecule has 2 aromatic heterocycles. The topological polar surface area (TPSA) is 107 Å². The van der Waals surface area contributed by atoms with E-state index in [1.54, 1.807) is 15.9 Å². The molecule has 1 fully saturated rings. The van der Waals surface area contributed by atoms with E-state index < -0.39 is 5.60 Å². The number of hydrogen-bond acceptors (Lipinski definition) is 8. The van der Waals surface area contributed by atoms with E-state index in [9.17, 15) is 4.79 Å². The van der Waals surface area contributed by atoms with Crippen LogP contribution in [0.15, 0.2) is 30.6 Å². The van der Waals surface area contributed by atoms with Gasteiger partial charge in [-0.2, -0.15) is 0 Å². The molecule has 0 unspecified atom stereocenters. The minimum absolute atomic E-state index is 0.000343. The predicted molar refractivity (Wildman–Crippen MR) is 118 cm³/mol. The van der Waals surface area contributed by atoms with Crippen LogP contribution in [0, 0.1) is 0 Å². The van der Waals surface area contributed by atoms with Crippen molar-refractivity contribution in [2.75, 3.05) is 24.5 Å². The lowest BCUT2D eigenvalue weighted by atomic mass is 10.2. The molecule has 11 nitrogen and oxygen atoms in total. The first kappa shape index (κ1) is 21.7. The number of carbonyl (C=O) groups excluding carboxylic acids is 1. The Morgan fingerprint density at radius 2 is 1.91 bits per heavy atom. The van der Waals surface area contributed by atoms with Crippen molar-refractivity contribution in [3.63, 3.8) is 0 Å². The normalized spacial score (nSPS) is 17.0. The van der Waals surface area contributed by atoms with Crippen molar-refractivity contribution in [2.45, 2.75) is 52.8 Å². The molecule has 1 amide bonds. The molecule has 0 bridgehead atoms. The van der Waals surface area contributed by atoms with Crippen molar-refractivity contribution in [1.29, 1.82) is 0 Å². The van der Waals surface area contributed by atoms with Crippen LogP contribution in [-0.2, 0) is 11.3 Å². The average Bonchev–Trinajstić information content (AvgIpc) is 3.42. The lowest BCUT2D eigenvalue weighted by Crippen LogP contribution is -2.55. The van der Waals surface area contributed by atoms with Crippen molar-refractivity contribution in [3.8, 4) is 17.1 Å². The smallest absolute Gasteiger partial charge is 0.410 e. The first-order chi connectivity index (χ1) is 15.3. The van der Waals surface area contributed by atoms with Crippen LogP contribution in [0.25, 0.3) is 17.1 Å². The summed E-state index contributed by atoms with van der Waals surface area (Å²) in [5.41, 5.74) is 1.32. The van der Waals surface area contributed by atoms with Gasteiger partial charge in [0.15, 0.2) is 5.82 Å². The number of hydrogen-bond donors (Lipinski definition) is 0. The zero-order valence-corrected chi connectivity index (χ0v) is 19.1. The van der Waals surface area contributed by atoms with Gasteiger partial charge in [0, 0.05) is 37.8 Å². The first-order valence-electron chi connectivity index (χ1n) is 10.8. The summed E-state index contributed by atoms with van der Waals surface area (Å²) in [6, 6.07) is 7.86. The van der Waals surface area contributed by atoms with Crippen molar-refractivity contribution < 1.29 is 9.53 Å². The Bertz CT molecular complexity index is 1050. The van der Waals surface area contributed by atoms with Gasteiger partial charge >= 0.3 is 6.09 Å². The quantitative estimate of drug-likeness (QED) is 0.610. The van der Waals surface area contributed by atoms with Crippen LogP contribution in [0.4, 0.5) is 10.7 Å². The summed E-state index contributed by atoms with van der Waals surface area (Å²) in [5.74, 6) is 1.61. The summed E-state index contributed by atoms with van der Waals surface area (Å²) in [6.07, 6.45) is 1.28. The number of amides is 1. The number of aromatic nitrogens is 7. The van der Waals surface area contributed by atoms with Crippen LogP contribution in [0.3, 0.4) is 0 Å². The zero-order valence-electron chi connectivity index (χ0n) is 19.1. The van der Waals surface area contributed by atoms with Crippen LogP contribution >= 0.6 is 0 Å². The molecule has 1 aliphatic heterocycles. The standard InChI is InChI=1S/C21H29N9O2/c1-6-28-18(16-7-9-17(10-8-16)30-14-22-25-26-30)23-24-19(28)27-11-12-29(15(2)13-27)20(31)32-21(3,4)5/h7-10,14-15H,6,11-13H2,1-5H3/t15-/m0/s1. The molecule has 3 heterocycles. The molecule has 32 heavy (non-hydrogen) atoms. The third-order valence-corrected chi connectivity index (χ3v) is 5.32. The summed E-state index contributed by atoms with van der Waals surface area (Å²) in [4.78, 5) is 16.5. The molecule has 0 saturated carbocycles. The lowest BCUT2D eigenvalue weighted by molar-refractivity contribution is 0.0158. The molecule has 0 N–H and O–H groups in total. The van der Waals surface area contributed by atoms with Crippen molar-refractivity contribution in [3.05, 3.63) is 30.6 Å². The third kappa shape index (κ3) is 4.41. The maximum Gasteiger partial charge on any atom is 0.410 e. The number of carbonyl (C=O) groups is 1. The monoisotopic (exact) mass is 439 g/mol. The molecular formula is C21H29N9O2. The number of tetrazole rings is 1. The Kier molecular flexibility index (Phi) is 5.81. The van der Waals surface area contributed by atoms with E-state index in [2.05, 4.69) is 42.1 Å². The van der Waals surface area contributed by atoms with Crippen LogP contribution in [0.1, 0.15) is 34.6 Å². The van der Waals surface area contributed by atoms with Crippen LogP contribution < -0.4 is 4.90 Å². The third-order valence-electron chi connectivity index (χ3n) is 5.32. The molecule has 170 valence electrons. The van der Waals surface area contributed by atoms with E-state index in [1.807, 2.05) is 52.0 Å². The Hall–Kier alpha value is -3.50. The van der Waals surface area contributed by atoms with Gasteiger partial charge in [0.25, 0.3) is 0 Å². The number of anilines is 1. The van der Waals surface area contributed by atoms with Crippen LogP contribution in [-0.4, -0.2) is 77.2 Å². The second-order valence-electron chi connectivity index (χ2n) is 8.84. The lowest BCUT2D eigenvalue weighted by Gasteiger charge is -2.40. The number of piperazine rings is 1. The molecule has 0 radical (unpaired) electrons. The minimum Gasteiger partial charge on any atom is -0.444 e. The van der Waals surface area contributed by atoms with Crippen LogP contribution in [0.5, 0.6) is 0 Å². The molecule has 11 heteroatoms. The summed E-state index contributed by atoms with van der Waals surface area (Å²) >= 11 is 0. The second kappa shape index (κ2) is 8.56. The zero-order chi connectivity index (χ0) is 22.9. The number of rotatable bonds is 4. The highest BCUT2D eigenvalue weighted by molar-refractivity contribution is 5.69. The number of nitrogens with zero attached hydrogens (tertiary/aromatic N) is 9. The summed E-state index contributed by atoms with van der Waals surface area (Å²) in [5, 5.41) is 20.2. The Balaban J connectivity index is 1.51. The highest BCUT2D eigenvalue weighted by atomic mass is 16.6. The van der Waals surface area contributed by atoms with Gasteiger partial charge in [-0.05, 0) is 69.3 Å². The molecule has 0 spiro atoms. The maximum absolute atomic E-state index is 12.5. The SMILES string of the molecule is CCn1c(-c2ccc(-n3cnnn3)cc2)nnc1N1CCN(C(=O)OC(C)(C)C)[C@@H](C)C1. The summed E-state index contributed by atoms with van der Waals surface area (Å²) in [7, 11) is 0. The largest absolute Gasteiger partial charge is 0.444 e. The van der Waals surface area contributed by atoms with E-state index >= 15 is 0 Å². The average molecular weight is 440 g/mol.